The summed E-state index contributed by atoms with van der Waals surface area (Å²) in [6.45, 7) is 12.3. The van der Waals surface area contributed by atoms with Crippen molar-refractivity contribution in [3.05, 3.63) is 23.8 Å². The molecule has 4 heteroatoms. The molecule has 0 fully saturated rings. The first kappa shape index (κ1) is 17.9. The van der Waals surface area contributed by atoms with Crippen molar-refractivity contribution in [1.29, 1.82) is 5.26 Å². The number of rotatable bonds is 8. The fourth-order valence-corrected chi connectivity index (χ4v) is 3.17. The summed E-state index contributed by atoms with van der Waals surface area (Å²) in [7, 11) is 0. The molecule has 0 aliphatic carbocycles. The molecule has 0 radical (unpaired) electrons. The van der Waals surface area contributed by atoms with Crippen LogP contribution in [0.1, 0.15) is 40.2 Å². The Balaban J connectivity index is 2.71. The van der Waals surface area contributed by atoms with Gasteiger partial charge in [0, 0.05) is 23.5 Å². The van der Waals surface area contributed by atoms with Crippen LogP contribution in [0.25, 0.3) is 0 Å². The topological polar surface area (TPSA) is 36.3 Å². The maximum atomic E-state index is 9.36. The van der Waals surface area contributed by atoms with Crippen molar-refractivity contribution in [3.63, 3.8) is 0 Å². The molecule has 1 rings (SSSR count). The van der Waals surface area contributed by atoms with Crippen LogP contribution in [-0.4, -0.2) is 35.9 Å². The molecule has 21 heavy (non-hydrogen) atoms. The van der Waals surface area contributed by atoms with Gasteiger partial charge in [0.1, 0.15) is 24.0 Å². The first-order valence-electron chi connectivity index (χ1n) is 7.55. The molecule has 1 aromatic rings. The summed E-state index contributed by atoms with van der Waals surface area (Å²) in [6.07, 6.45) is 0. The van der Waals surface area contributed by atoms with Gasteiger partial charge in [-0.15, -0.1) is 11.8 Å². The fraction of sp³-hybridized carbons (Fsp3) is 0.588. The minimum atomic E-state index is 0.492. The zero-order valence-electron chi connectivity index (χ0n) is 13.7. The molecule has 0 heterocycles. The molecule has 0 saturated heterocycles. The Kier molecular flexibility index (Phi) is 7.63. The molecule has 0 N–H and O–H groups in total. The van der Waals surface area contributed by atoms with Crippen LogP contribution in [0.5, 0.6) is 5.75 Å². The molecule has 0 aliphatic heterocycles. The van der Waals surface area contributed by atoms with Crippen LogP contribution in [-0.2, 0) is 0 Å². The predicted molar refractivity (Wildman–Crippen MR) is 90.0 cm³/mol. The van der Waals surface area contributed by atoms with Crippen molar-refractivity contribution in [3.8, 4) is 11.8 Å². The van der Waals surface area contributed by atoms with E-state index < -0.39 is 0 Å². The number of thioether (sulfide) groups is 1. The molecular weight excluding hydrogens is 280 g/mol. The molecule has 0 aliphatic rings. The smallest absolute Gasteiger partial charge is 0.138 e. The Hall–Kier alpha value is -1.18. The Morgan fingerprint density at radius 1 is 1.24 bits per heavy atom. The molecule has 0 atom stereocenters. The highest BCUT2D eigenvalue weighted by Gasteiger charge is 2.14. The van der Waals surface area contributed by atoms with Gasteiger partial charge in [-0.05, 0) is 45.6 Å². The highest BCUT2D eigenvalue weighted by Crippen LogP contribution is 2.29. The highest BCUT2D eigenvalue weighted by atomic mass is 32.2. The predicted octanol–water partition coefficient (Wildman–Crippen LogP) is 4.17. The van der Waals surface area contributed by atoms with E-state index in [1.54, 1.807) is 11.8 Å². The minimum absolute atomic E-state index is 0.492. The molecule has 116 valence electrons. The molecule has 0 unspecified atom stereocenters. The van der Waals surface area contributed by atoms with Crippen molar-refractivity contribution >= 4 is 11.8 Å². The van der Waals surface area contributed by atoms with E-state index in [2.05, 4.69) is 45.6 Å². The third kappa shape index (κ3) is 5.26. The van der Waals surface area contributed by atoms with Crippen LogP contribution in [0.2, 0.25) is 0 Å². The van der Waals surface area contributed by atoms with E-state index >= 15 is 0 Å². The number of hydrogen-bond acceptors (Lipinski definition) is 4. The van der Waals surface area contributed by atoms with Gasteiger partial charge >= 0.3 is 0 Å². The zero-order chi connectivity index (χ0) is 15.8. The van der Waals surface area contributed by atoms with Crippen LogP contribution in [0.4, 0.5) is 0 Å². The van der Waals surface area contributed by atoms with Crippen molar-refractivity contribution in [1.82, 2.24) is 4.90 Å². The lowest BCUT2D eigenvalue weighted by molar-refractivity contribution is 0.142. The van der Waals surface area contributed by atoms with Crippen LogP contribution < -0.4 is 4.74 Å². The summed E-state index contributed by atoms with van der Waals surface area (Å²) >= 11 is 1.68. The molecule has 0 aromatic heterocycles. The summed E-state index contributed by atoms with van der Waals surface area (Å²) in [5.41, 5.74) is 0.657. The van der Waals surface area contributed by atoms with Crippen molar-refractivity contribution in [2.45, 2.75) is 51.6 Å². The first-order chi connectivity index (χ1) is 10.0. The Morgan fingerprint density at radius 2 is 1.90 bits per heavy atom. The van der Waals surface area contributed by atoms with E-state index in [1.807, 2.05) is 18.2 Å². The summed E-state index contributed by atoms with van der Waals surface area (Å²) in [5.74, 6) is 1.65. The molecule has 1 aromatic carbocycles. The fourth-order valence-electron chi connectivity index (χ4n) is 2.39. The SMILES string of the molecule is CCSc1cccc(OCCN(C(C)C)C(C)C)c1C#N. The van der Waals surface area contributed by atoms with Crippen molar-refractivity contribution < 1.29 is 4.74 Å². The number of nitrogens with zero attached hydrogens (tertiary/aromatic N) is 2. The van der Waals surface area contributed by atoms with Crippen molar-refractivity contribution in [2.75, 3.05) is 18.9 Å². The van der Waals surface area contributed by atoms with Gasteiger partial charge in [0.2, 0.25) is 0 Å². The van der Waals surface area contributed by atoms with Crippen LogP contribution in [0.15, 0.2) is 23.1 Å². The summed E-state index contributed by atoms with van der Waals surface area (Å²) in [6, 6.07) is 9.07. The van der Waals surface area contributed by atoms with E-state index in [9.17, 15) is 5.26 Å². The van der Waals surface area contributed by atoms with Crippen LogP contribution in [0, 0.1) is 11.3 Å². The lowest BCUT2D eigenvalue weighted by atomic mass is 10.2. The van der Waals surface area contributed by atoms with Gasteiger partial charge in [0.15, 0.2) is 0 Å². The molecule has 3 nitrogen and oxygen atoms in total. The number of ether oxygens (including phenoxy) is 1. The molecule has 0 saturated carbocycles. The largest absolute Gasteiger partial charge is 0.491 e. The number of benzene rings is 1. The minimum Gasteiger partial charge on any atom is -0.491 e. The van der Waals surface area contributed by atoms with E-state index in [0.29, 0.717) is 30.0 Å². The maximum Gasteiger partial charge on any atom is 0.138 e. The molecule has 0 bridgehead atoms. The molecule has 0 spiro atoms. The number of nitriles is 1. The normalized spacial score (nSPS) is 11.2. The standard InChI is InChI=1S/C17H26N2OS/c1-6-21-17-9-7-8-16(15(17)12-18)20-11-10-19(13(2)3)14(4)5/h7-9,13-14H,6,10-11H2,1-5H3. The monoisotopic (exact) mass is 306 g/mol. The summed E-state index contributed by atoms with van der Waals surface area (Å²) < 4.78 is 5.87. The van der Waals surface area contributed by atoms with Crippen LogP contribution in [0.3, 0.4) is 0 Å². The summed E-state index contributed by atoms with van der Waals surface area (Å²) in [4.78, 5) is 3.39. The Morgan fingerprint density at radius 3 is 2.43 bits per heavy atom. The molecular formula is C17H26N2OS. The number of hydrogen-bond donors (Lipinski definition) is 0. The van der Waals surface area contributed by atoms with E-state index in [4.69, 9.17) is 4.74 Å². The zero-order valence-corrected chi connectivity index (χ0v) is 14.5. The van der Waals surface area contributed by atoms with Crippen LogP contribution >= 0.6 is 11.8 Å². The van der Waals surface area contributed by atoms with Gasteiger partial charge in [0.25, 0.3) is 0 Å². The van der Waals surface area contributed by atoms with Gasteiger partial charge < -0.3 is 4.74 Å². The van der Waals surface area contributed by atoms with Crippen molar-refractivity contribution in [2.24, 2.45) is 0 Å². The summed E-state index contributed by atoms with van der Waals surface area (Å²) in [5, 5.41) is 9.36. The van der Waals surface area contributed by atoms with E-state index in [-0.39, 0.29) is 0 Å². The van der Waals surface area contributed by atoms with Gasteiger partial charge in [-0.3, -0.25) is 4.90 Å². The van der Waals surface area contributed by atoms with Gasteiger partial charge in [0.05, 0.1) is 0 Å². The Labute approximate surface area is 133 Å². The Bertz CT molecular complexity index is 472. The molecule has 0 amide bonds. The first-order valence-corrected chi connectivity index (χ1v) is 8.54. The van der Waals surface area contributed by atoms with Gasteiger partial charge in [-0.1, -0.05) is 13.0 Å². The third-order valence-corrected chi connectivity index (χ3v) is 4.27. The second-order valence-corrected chi connectivity index (χ2v) is 6.75. The average molecular weight is 306 g/mol. The quantitative estimate of drug-likeness (QED) is 0.675. The highest BCUT2D eigenvalue weighted by molar-refractivity contribution is 7.99. The lowest BCUT2D eigenvalue weighted by Crippen LogP contribution is -2.39. The van der Waals surface area contributed by atoms with E-state index in [1.165, 1.54) is 0 Å². The maximum absolute atomic E-state index is 9.36. The third-order valence-electron chi connectivity index (χ3n) is 3.33. The second kappa shape index (κ2) is 8.96. The van der Waals surface area contributed by atoms with Gasteiger partial charge in [-0.2, -0.15) is 5.26 Å². The lowest BCUT2D eigenvalue weighted by Gasteiger charge is -2.30. The average Bonchev–Trinajstić information content (AvgIpc) is 2.43. The second-order valence-electron chi connectivity index (χ2n) is 5.45. The van der Waals surface area contributed by atoms with E-state index in [0.717, 1.165) is 17.2 Å². The van der Waals surface area contributed by atoms with Gasteiger partial charge in [-0.25, -0.2) is 0 Å².